The highest BCUT2D eigenvalue weighted by molar-refractivity contribution is 7.87. The molecule has 1 amide bonds. The molecule has 12 nitrogen and oxygen atoms in total. The van der Waals surface area contributed by atoms with Gasteiger partial charge in [-0.1, -0.05) is 0 Å². The Balaban J connectivity index is 1.83. The number of hydrogen-bond donors (Lipinski definition) is 1. The molecule has 2 aromatic rings. The molecule has 0 atom stereocenters. The van der Waals surface area contributed by atoms with Gasteiger partial charge in [-0.15, -0.1) is 0 Å². The molecule has 1 saturated heterocycles. The average molecular weight is 496 g/mol. The van der Waals surface area contributed by atoms with E-state index in [0.717, 1.165) is 0 Å². The van der Waals surface area contributed by atoms with E-state index in [1.54, 1.807) is 32.9 Å². The molecule has 34 heavy (non-hydrogen) atoms. The van der Waals surface area contributed by atoms with E-state index >= 15 is 0 Å². The van der Waals surface area contributed by atoms with Gasteiger partial charge in [-0.2, -0.15) is 12.7 Å². The number of carbonyl (C=O) groups excluding carboxylic acids is 2. The van der Waals surface area contributed by atoms with Crippen LogP contribution in [0.25, 0.3) is 10.9 Å². The third-order valence-electron chi connectivity index (χ3n) is 5.05. The van der Waals surface area contributed by atoms with Crippen LogP contribution in [0, 0.1) is 0 Å². The summed E-state index contributed by atoms with van der Waals surface area (Å²) in [6.07, 6.45) is 0.858. The second-order valence-electron chi connectivity index (χ2n) is 8.61. The summed E-state index contributed by atoms with van der Waals surface area (Å²) in [5.74, 6) is 0.349. The number of nitrogens with one attached hydrogen (secondary N) is 1. The molecule has 186 valence electrons. The third-order valence-corrected chi connectivity index (χ3v) is 6.52. The fourth-order valence-corrected chi connectivity index (χ4v) is 4.65. The van der Waals surface area contributed by atoms with Crippen molar-refractivity contribution < 1.29 is 32.2 Å². The van der Waals surface area contributed by atoms with Gasteiger partial charge in [0.2, 0.25) is 0 Å². The van der Waals surface area contributed by atoms with Gasteiger partial charge in [0.25, 0.3) is 0 Å². The quantitative estimate of drug-likeness (QED) is 0.610. The SMILES string of the molecule is COC(=O)c1cc2ncnc(N3CCCN(S(=O)(=O)NC(=O)OC(C)(C)C)CC3)c2cc1OC. The van der Waals surface area contributed by atoms with Gasteiger partial charge in [-0.05, 0) is 39.3 Å². The van der Waals surface area contributed by atoms with Crippen LogP contribution in [0.3, 0.4) is 0 Å². The van der Waals surface area contributed by atoms with E-state index in [4.69, 9.17) is 14.2 Å². The molecule has 0 saturated carbocycles. The Labute approximate surface area is 198 Å². The maximum Gasteiger partial charge on any atom is 0.422 e. The van der Waals surface area contributed by atoms with Gasteiger partial charge < -0.3 is 19.1 Å². The first-order valence-corrected chi connectivity index (χ1v) is 12.1. The van der Waals surface area contributed by atoms with Crippen molar-refractivity contribution in [3.63, 3.8) is 0 Å². The first-order chi connectivity index (χ1) is 15.9. The van der Waals surface area contributed by atoms with E-state index in [1.807, 2.05) is 9.62 Å². The van der Waals surface area contributed by atoms with Crippen LogP contribution in [0.1, 0.15) is 37.6 Å². The number of nitrogens with zero attached hydrogens (tertiary/aromatic N) is 4. The molecule has 1 aromatic carbocycles. The molecule has 1 N–H and O–H groups in total. The predicted molar refractivity (Wildman–Crippen MR) is 124 cm³/mol. The van der Waals surface area contributed by atoms with Crippen molar-refractivity contribution in [2.75, 3.05) is 45.3 Å². The number of methoxy groups -OCH3 is 2. The molecule has 0 bridgehead atoms. The second kappa shape index (κ2) is 9.97. The lowest BCUT2D eigenvalue weighted by molar-refractivity contribution is 0.0563. The summed E-state index contributed by atoms with van der Waals surface area (Å²) in [7, 11) is -1.35. The van der Waals surface area contributed by atoms with Crippen LogP contribution in [-0.2, 0) is 19.7 Å². The first-order valence-electron chi connectivity index (χ1n) is 10.6. The molecule has 0 radical (unpaired) electrons. The maximum atomic E-state index is 12.7. The van der Waals surface area contributed by atoms with Gasteiger partial charge >= 0.3 is 22.3 Å². The number of hydrogen-bond acceptors (Lipinski definition) is 10. The van der Waals surface area contributed by atoms with Crippen LogP contribution in [-0.4, -0.2) is 80.8 Å². The summed E-state index contributed by atoms with van der Waals surface area (Å²) in [6, 6.07) is 3.24. The van der Waals surface area contributed by atoms with Crippen molar-refractivity contribution in [3.05, 3.63) is 24.0 Å². The number of amides is 1. The van der Waals surface area contributed by atoms with E-state index in [-0.39, 0.29) is 18.7 Å². The zero-order valence-corrected chi connectivity index (χ0v) is 20.6. The Bertz CT molecular complexity index is 1180. The van der Waals surface area contributed by atoms with Crippen molar-refractivity contribution in [2.45, 2.75) is 32.8 Å². The molecule has 2 heterocycles. The van der Waals surface area contributed by atoms with Crippen LogP contribution in [0.5, 0.6) is 5.75 Å². The standard InChI is InChI=1S/C21H29N5O7S/c1-21(2,3)33-20(28)24-34(29,30)26-8-6-7-25(9-10-26)18-14-12-17(31-4)15(19(27)32-5)11-16(14)22-13-23-18/h11-13H,6-10H2,1-5H3,(H,24,28). The van der Waals surface area contributed by atoms with Crippen molar-refractivity contribution in [1.82, 2.24) is 19.0 Å². The Morgan fingerprint density at radius 3 is 2.44 bits per heavy atom. The highest BCUT2D eigenvalue weighted by Crippen LogP contribution is 2.31. The lowest BCUT2D eigenvalue weighted by Gasteiger charge is -2.24. The van der Waals surface area contributed by atoms with E-state index in [1.165, 1.54) is 24.9 Å². The van der Waals surface area contributed by atoms with E-state index in [9.17, 15) is 18.0 Å². The molecule has 1 aromatic heterocycles. The number of anilines is 1. The summed E-state index contributed by atoms with van der Waals surface area (Å²) < 4.78 is 43.8. The summed E-state index contributed by atoms with van der Waals surface area (Å²) in [4.78, 5) is 34.7. The smallest absolute Gasteiger partial charge is 0.422 e. The molecule has 1 aliphatic rings. The van der Waals surface area contributed by atoms with Gasteiger partial charge in [0, 0.05) is 31.6 Å². The molecule has 0 unspecified atom stereocenters. The van der Waals surface area contributed by atoms with Crippen molar-refractivity contribution in [3.8, 4) is 5.75 Å². The molecule has 3 rings (SSSR count). The van der Waals surface area contributed by atoms with Gasteiger partial charge in [-0.25, -0.2) is 24.3 Å². The van der Waals surface area contributed by atoms with Crippen molar-refractivity contribution in [2.24, 2.45) is 0 Å². The molecule has 1 fully saturated rings. The lowest BCUT2D eigenvalue weighted by atomic mass is 10.1. The molecule has 0 aliphatic carbocycles. The normalized spacial score (nSPS) is 15.5. The summed E-state index contributed by atoms with van der Waals surface area (Å²) in [5, 5.41) is 0.648. The van der Waals surface area contributed by atoms with Crippen LogP contribution in [0.2, 0.25) is 0 Å². The number of esters is 1. The van der Waals surface area contributed by atoms with Gasteiger partial charge in [0.1, 0.15) is 29.1 Å². The number of rotatable bonds is 5. The Hall–Kier alpha value is -3.19. The van der Waals surface area contributed by atoms with E-state index in [0.29, 0.717) is 42.0 Å². The summed E-state index contributed by atoms with van der Waals surface area (Å²) in [5.41, 5.74) is -0.0621. The Kier molecular flexibility index (Phi) is 7.46. The first kappa shape index (κ1) is 25.4. The van der Waals surface area contributed by atoms with Gasteiger partial charge in [0.15, 0.2) is 0 Å². The van der Waals surface area contributed by atoms with Crippen LogP contribution < -0.4 is 14.4 Å². The van der Waals surface area contributed by atoms with E-state index < -0.39 is 27.9 Å². The minimum absolute atomic E-state index is 0.126. The van der Waals surface area contributed by atoms with Gasteiger partial charge in [0.05, 0.1) is 19.7 Å². The zero-order chi connectivity index (χ0) is 25.1. The largest absolute Gasteiger partial charge is 0.496 e. The van der Waals surface area contributed by atoms with Gasteiger partial charge in [-0.3, -0.25) is 0 Å². The fraction of sp³-hybridized carbons (Fsp3) is 0.524. The van der Waals surface area contributed by atoms with Crippen LogP contribution in [0.4, 0.5) is 10.6 Å². The minimum atomic E-state index is -4.08. The van der Waals surface area contributed by atoms with Crippen molar-refractivity contribution in [1.29, 1.82) is 0 Å². The molecule has 0 spiro atoms. The van der Waals surface area contributed by atoms with Crippen molar-refractivity contribution >= 4 is 39.0 Å². The fourth-order valence-electron chi connectivity index (χ4n) is 3.57. The molecule has 1 aliphatic heterocycles. The number of ether oxygens (including phenoxy) is 3. The highest BCUT2D eigenvalue weighted by atomic mass is 32.2. The molecular weight excluding hydrogens is 466 g/mol. The van der Waals surface area contributed by atoms with Crippen LogP contribution >= 0.6 is 0 Å². The predicted octanol–water partition coefficient (Wildman–Crippen LogP) is 1.71. The third kappa shape index (κ3) is 5.83. The summed E-state index contributed by atoms with van der Waals surface area (Å²) in [6.45, 7) is 6.14. The minimum Gasteiger partial charge on any atom is -0.496 e. The number of aromatic nitrogens is 2. The summed E-state index contributed by atoms with van der Waals surface area (Å²) >= 11 is 0. The average Bonchev–Trinajstić information content (AvgIpc) is 3.02. The number of carbonyl (C=O) groups is 2. The van der Waals surface area contributed by atoms with E-state index in [2.05, 4.69) is 9.97 Å². The Morgan fingerprint density at radius 2 is 1.79 bits per heavy atom. The second-order valence-corrected chi connectivity index (χ2v) is 10.3. The molecular formula is C21H29N5O7S. The number of benzene rings is 1. The number of fused-ring (bicyclic) bond motifs is 1. The topological polar surface area (TPSA) is 140 Å². The Morgan fingerprint density at radius 1 is 1.06 bits per heavy atom. The zero-order valence-electron chi connectivity index (χ0n) is 19.8. The van der Waals surface area contributed by atoms with Crippen LogP contribution in [0.15, 0.2) is 18.5 Å². The molecule has 13 heteroatoms. The monoisotopic (exact) mass is 495 g/mol. The lowest BCUT2D eigenvalue weighted by Crippen LogP contribution is -2.46. The maximum absolute atomic E-state index is 12.7. The highest BCUT2D eigenvalue weighted by Gasteiger charge is 2.30.